The average molecular weight is 421 g/mol. The van der Waals surface area contributed by atoms with Crippen molar-refractivity contribution in [3.63, 3.8) is 0 Å². The summed E-state index contributed by atoms with van der Waals surface area (Å²) >= 11 is 0. The first-order chi connectivity index (χ1) is 15.2. The van der Waals surface area contributed by atoms with Gasteiger partial charge in [0.1, 0.15) is 0 Å². The largest absolute Gasteiger partial charge is 0.343 e. The second-order valence-electron chi connectivity index (χ2n) is 8.40. The van der Waals surface area contributed by atoms with Crippen molar-refractivity contribution < 1.29 is 9.59 Å². The van der Waals surface area contributed by atoms with Crippen LogP contribution in [-0.2, 0) is 4.79 Å². The topological polar surface area (TPSA) is 55.9 Å². The minimum absolute atomic E-state index is 0.00607. The van der Waals surface area contributed by atoms with E-state index in [0.29, 0.717) is 5.56 Å². The molecule has 2 aliphatic rings. The zero-order valence-electron chi connectivity index (χ0n) is 18.1. The average Bonchev–Trinajstić information content (AvgIpc) is 3.36. The Morgan fingerprint density at radius 3 is 1.94 bits per heavy atom. The standard InChI is InChI=1S/C25H32N4O2/c30-24(29-18-16-28(17-19-29)15-14-27-12-4-5-13-27)20-26-25(31)23-10-8-22(9-11-23)21-6-2-1-3-7-21/h1-3,6-11H,4-5,12-20H2,(H,26,31). The molecule has 0 radical (unpaired) electrons. The minimum atomic E-state index is -0.211. The highest BCUT2D eigenvalue weighted by Gasteiger charge is 2.22. The van der Waals surface area contributed by atoms with E-state index in [4.69, 9.17) is 0 Å². The fraction of sp³-hybridized carbons (Fsp3) is 0.440. The third kappa shape index (κ3) is 5.93. The summed E-state index contributed by atoms with van der Waals surface area (Å²) < 4.78 is 0. The fourth-order valence-electron chi connectivity index (χ4n) is 4.32. The van der Waals surface area contributed by atoms with Gasteiger partial charge in [0.05, 0.1) is 6.54 Å². The SMILES string of the molecule is O=C(NCC(=O)N1CCN(CCN2CCCC2)CC1)c1ccc(-c2ccccc2)cc1. The maximum atomic E-state index is 12.5. The van der Waals surface area contributed by atoms with E-state index in [-0.39, 0.29) is 18.4 Å². The van der Waals surface area contributed by atoms with Crippen molar-refractivity contribution in [3.05, 3.63) is 60.2 Å². The van der Waals surface area contributed by atoms with E-state index in [2.05, 4.69) is 15.1 Å². The van der Waals surface area contributed by atoms with Crippen LogP contribution in [0.5, 0.6) is 0 Å². The minimum Gasteiger partial charge on any atom is -0.343 e. The summed E-state index contributed by atoms with van der Waals surface area (Å²) in [6, 6.07) is 17.5. The van der Waals surface area contributed by atoms with Crippen LogP contribution in [0, 0.1) is 0 Å². The highest BCUT2D eigenvalue weighted by Crippen LogP contribution is 2.19. The van der Waals surface area contributed by atoms with Gasteiger partial charge in [0, 0.05) is 44.8 Å². The molecule has 2 aromatic carbocycles. The lowest BCUT2D eigenvalue weighted by molar-refractivity contribution is -0.131. The van der Waals surface area contributed by atoms with E-state index in [0.717, 1.165) is 50.4 Å². The van der Waals surface area contributed by atoms with Crippen LogP contribution in [0.15, 0.2) is 54.6 Å². The lowest BCUT2D eigenvalue weighted by atomic mass is 10.0. The van der Waals surface area contributed by atoms with Crippen molar-refractivity contribution >= 4 is 11.8 Å². The summed E-state index contributed by atoms with van der Waals surface area (Å²) in [6.07, 6.45) is 2.65. The van der Waals surface area contributed by atoms with Gasteiger partial charge in [0.2, 0.25) is 5.91 Å². The van der Waals surface area contributed by atoms with Crippen molar-refractivity contribution in [1.29, 1.82) is 0 Å². The summed E-state index contributed by atoms with van der Waals surface area (Å²) in [7, 11) is 0. The molecule has 0 saturated carbocycles. The van der Waals surface area contributed by atoms with Gasteiger partial charge in [0.25, 0.3) is 5.91 Å². The molecular weight excluding hydrogens is 388 g/mol. The van der Waals surface area contributed by atoms with Crippen molar-refractivity contribution in [2.24, 2.45) is 0 Å². The zero-order chi connectivity index (χ0) is 21.5. The van der Waals surface area contributed by atoms with E-state index >= 15 is 0 Å². The van der Waals surface area contributed by atoms with E-state index in [9.17, 15) is 9.59 Å². The molecule has 2 aromatic rings. The molecule has 1 N–H and O–H groups in total. The number of carbonyl (C=O) groups excluding carboxylic acids is 2. The lowest BCUT2D eigenvalue weighted by Gasteiger charge is -2.35. The molecule has 2 amide bonds. The first-order valence-corrected chi connectivity index (χ1v) is 11.4. The summed E-state index contributed by atoms with van der Waals surface area (Å²) in [6.45, 7) is 8.02. The van der Waals surface area contributed by atoms with Crippen LogP contribution >= 0.6 is 0 Å². The second-order valence-corrected chi connectivity index (χ2v) is 8.40. The van der Waals surface area contributed by atoms with E-state index < -0.39 is 0 Å². The van der Waals surface area contributed by atoms with Crippen LogP contribution in [0.4, 0.5) is 0 Å². The molecule has 6 nitrogen and oxygen atoms in total. The molecule has 2 saturated heterocycles. The van der Waals surface area contributed by atoms with E-state index in [1.54, 1.807) is 12.1 Å². The fourth-order valence-corrected chi connectivity index (χ4v) is 4.32. The maximum absolute atomic E-state index is 12.5. The highest BCUT2D eigenvalue weighted by atomic mass is 16.2. The van der Waals surface area contributed by atoms with Crippen LogP contribution in [0.3, 0.4) is 0 Å². The van der Waals surface area contributed by atoms with Crippen LogP contribution in [-0.4, -0.2) is 85.4 Å². The van der Waals surface area contributed by atoms with Gasteiger partial charge in [-0.05, 0) is 49.2 Å². The molecule has 0 bridgehead atoms. The van der Waals surface area contributed by atoms with Gasteiger partial charge in [0.15, 0.2) is 0 Å². The van der Waals surface area contributed by atoms with Gasteiger partial charge in [-0.2, -0.15) is 0 Å². The first kappa shape index (κ1) is 21.5. The molecule has 2 fully saturated rings. The van der Waals surface area contributed by atoms with Crippen LogP contribution in [0.2, 0.25) is 0 Å². The molecule has 31 heavy (non-hydrogen) atoms. The maximum Gasteiger partial charge on any atom is 0.251 e. The Morgan fingerprint density at radius 2 is 1.29 bits per heavy atom. The highest BCUT2D eigenvalue weighted by molar-refractivity contribution is 5.96. The summed E-state index contributed by atoms with van der Waals surface area (Å²) in [5.41, 5.74) is 2.75. The summed E-state index contributed by atoms with van der Waals surface area (Å²) in [4.78, 5) is 31.8. The Hall–Kier alpha value is -2.70. The van der Waals surface area contributed by atoms with Crippen molar-refractivity contribution in [2.45, 2.75) is 12.8 Å². The number of benzene rings is 2. The smallest absolute Gasteiger partial charge is 0.251 e. The molecule has 6 heteroatoms. The van der Waals surface area contributed by atoms with Crippen LogP contribution < -0.4 is 5.32 Å². The van der Waals surface area contributed by atoms with Gasteiger partial charge in [-0.1, -0.05) is 42.5 Å². The quantitative estimate of drug-likeness (QED) is 0.747. The number of piperazine rings is 1. The normalized spacial score (nSPS) is 17.6. The molecule has 4 rings (SSSR count). The predicted molar refractivity (Wildman–Crippen MR) is 123 cm³/mol. The number of carbonyl (C=O) groups is 2. The first-order valence-electron chi connectivity index (χ1n) is 11.4. The summed E-state index contributed by atoms with van der Waals surface area (Å²) in [5.74, 6) is -0.217. The molecule has 164 valence electrons. The van der Waals surface area contributed by atoms with Crippen molar-refractivity contribution in [1.82, 2.24) is 20.0 Å². The number of likely N-dealkylation sites (tertiary alicyclic amines) is 1. The van der Waals surface area contributed by atoms with Gasteiger partial charge in [-0.3, -0.25) is 14.5 Å². The summed E-state index contributed by atoms with van der Waals surface area (Å²) in [5, 5.41) is 2.78. The Bertz CT molecular complexity index is 855. The molecule has 2 aliphatic heterocycles. The Morgan fingerprint density at radius 1 is 0.710 bits per heavy atom. The van der Waals surface area contributed by atoms with Crippen molar-refractivity contribution in [3.8, 4) is 11.1 Å². The molecule has 0 spiro atoms. The van der Waals surface area contributed by atoms with Gasteiger partial charge in [-0.25, -0.2) is 0 Å². The third-order valence-corrected chi connectivity index (χ3v) is 6.31. The molecule has 0 unspecified atom stereocenters. The predicted octanol–water partition coefficient (Wildman–Crippen LogP) is 2.32. The number of hydrogen-bond acceptors (Lipinski definition) is 4. The molecular formula is C25H32N4O2. The molecule has 0 aromatic heterocycles. The van der Waals surface area contributed by atoms with Crippen molar-refractivity contribution in [2.75, 3.05) is 58.9 Å². The van der Waals surface area contributed by atoms with Gasteiger partial charge < -0.3 is 15.1 Å². The number of hydrogen-bond donors (Lipinski definition) is 1. The second kappa shape index (κ2) is 10.6. The third-order valence-electron chi connectivity index (χ3n) is 6.31. The lowest BCUT2D eigenvalue weighted by Crippen LogP contribution is -2.52. The number of nitrogens with one attached hydrogen (secondary N) is 1. The van der Waals surface area contributed by atoms with Crippen LogP contribution in [0.1, 0.15) is 23.2 Å². The molecule has 0 aliphatic carbocycles. The zero-order valence-corrected chi connectivity index (χ0v) is 18.1. The Balaban J connectivity index is 1.18. The Labute approximate surface area is 184 Å². The molecule has 2 heterocycles. The van der Waals surface area contributed by atoms with Crippen LogP contribution in [0.25, 0.3) is 11.1 Å². The van der Waals surface area contributed by atoms with Gasteiger partial charge >= 0.3 is 0 Å². The monoisotopic (exact) mass is 420 g/mol. The number of rotatable bonds is 7. The number of amides is 2. The van der Waals surface area contributed by atoms with E-state index in [1.165, 1.54) is 25.9 Å². The van der Waals surface area contributed by atoms with E-state index in [1.807, 2.05) is 47.4 Å². The number of nitrogens with zero attached hydrogens (tertiary/aromatic N) is 3. The molecule has 0 atom stereocenters. The Kier molecular flexibility index (Phi) is 7.33. The van der Waals surface area contributed by atoms with Gasteiger partial charge in [-0.15, -0.1) is 0 Å².